The molecule has 0 amide bonds. The molecular formula is C15H22N2O4. The number of ether oxygens (including phenoxy) is 3. The molecule has 1 saturated heterocycles. The van der Waals surface area contributed by atoms with Crippen molar-refractivity contribution in [2.24, 2.45) is 5.73 Å². The zero-order valence-corrected chi connectivity index (χ0v) is 12.3. The summed E-state index contributed by atoms with van der Waals surface area (Å²) in [5.74, 6) is 0.528. The third-order valence-electron chi connectivity index (χ3n) is 3.54. The second-order valence-corrected chi connectivity index (χ2v) is 4.81. The average molecular weight is 294 g/mol. The van der Waals surface area contributed by atoms with Crippen LogP contribution in [-0.2, 0) is 20.8 Å². The van der Waals surface area contributed by atoms with Crippen molar-refractivity contribution in [3.63, 3.8) is 0 Å². The van der Waals surface area contributed by atoms with Crippen LogP contribution >= 0.6 is 0 Å². The van der Waals surface area contributed by atoms with Gasteiger partial charge in [-0.3, -0.25) is 9.69 Å². The third-order valence-corrected chi connectivity index (χ3v) is 3.54. The second kappa shape index (κ2) is 7.97. The number of carbonyl (C=O) groups excluding carboxylic acids is 1. The molecule has 0 bridgehead atoms. The number of hydrogen-bond donors (Lipinski definition) is 1. The van der Waals surface area contributed by atoms with E-state index in [2.05, 4.69) is 0 Å². The minimum absolute atomic E-state index is 0.267. The minimum Gasteiger partial charge on any atom is -0.492 e. The molecule has 2 rings (SSSR count). The maximum Gasteiger partial charge on any atom is 0.325 e. The highest BCUT2D eigenvalue weighted by atomic mass is 16.5. The van der Waals surface area contributed by atoms with Gasteiger partial charge in [-0.25, -0.2) is 0 Å². The lowest BCUT2D eigenvalue weighted by Crippen LogP contribution is -2.51. The van der Waals surface area contributed by atoms with Crippen molar-refractivity contribution in [3.8, 4) is 5.75 Å². The Morgan fingerprint density at radius 2 is 2.29 bits per heavy atom. The standard InChI is InChI=1S/C15H22N2O4/c1-19-15(18)13-11-20-8-6-17(13)7-9-21-14-5-3-2-4-12(14)10-16/h2-5,13H,6-11,16H2,1H3. The van der Waals surface area contributed by atoms with Crippen molar-refractivity contribution in [2.45, 2.75) is 12.6 Å². The smallest absolute Gasteiger partial charge is 0.325 e. The van der Waals surface area contributed by atoms with Crippen LogP contribution in [0, 0.1) is 0 Å². The van der Waals surface area contributed by atoms with E-state index in [1.807, 2.05) is 29.2 Å². The van der Waals surface area contributed by atoms with Gasteiger partial charge in [-0.1, -0.05) is 18.2 Å². The Morgan fingerprint density at radius 3 is 3.05 bits per heavy atom. The maximum absolute atomic E-state index is 11.7. The summed E-state index contributed by atoms with van der Waals surface area (Å²) in [6.07, 6.45) is 0. The maximum atomic E-state index is 11.7. The van der Waals surface area contributed by atoms with E-state index in [9.17, 15) is 4.79 Å². The van der Waals surface area contributed by atoms with E-state index in [-0.39, 0.29) is 12.0 Å². The fourth-order valence-corrected chi connectivity index (χ4v) is 2.34. The molecule has 1 aliphatic heterocycles. The van der Waals surface area contributed by atoms with Crippen LogP contribution in [0.5, 0.6) is 5.75 Å². The first-order chi connectivity index (χ1) is 10.3. The molecule has 2 N–H and O–H groups in total. The van der Waals surface area contributed by atoms with E-state index in [1.54, 1.807) is 0 Å². The van der Waals surface area contributed by atoms with E-state index in [0.717, 1.165) is 11.3 Å². The summed E-state index contributed by atoms with van der Waals surface area (Å²) in [6.45, 7) is 3.26. The van der Waals surface area contributed by atoms with Gasteiger partial charge >= 0.3 is 5.97 Å². The number of hydrogen-bond acceptors (Lipinski definition) is 6. The topological polar surface area (TPSA) is 74.0 Å². The highest BCUT2D eigenvalue weighted by Gasteiger charge is 2.29. The summed E-state index contributed by atoms with van der Waals surface area (Å²) < 4.78 is 15.9. The Balaban J connectivity index is 1.87. The molecule has 21 heavy (non-hydrogen) atoms. The number of morpholine rings is 1. The zero-order chi connectivity index (χ0) is 15.1. The van der Waals surface area contributed by atoms with Gasteiger partial charge in [0.15, 0.2) is 0 Å². The van der Waals surface area contributed by atoms with Gasteiger partial charge in [-0.2, -0.15) is 0 Å². The Morgan fingerprint density at radius 1 is 1.48 bits per heavy atom. The first-order valence-electron chi connectivity index (χ1n) is 7.06. The summed E-state index contributed by atoms with van der Waals surface area (Å²) in [5, 5.41) is 0. The van der Waals surface area contributed by atoms with Gasteiger partial charge in [0.2, 0.25) is 0 Å². The van der Waals surface area contributed by atoms with E-state index in [0.29, 0.717) is 39.5 Å². The fourth-order valence-electron chi connectivity index (χ4n) is 2.34. The zero-order valence-electron chi connectivity index (χ0n) is 12.3. The molecule has 0 saturated carbocycles. The van der Waals surface area contributed by atoms with Crippen LogP contribution in [0.15, 0.2) is 24.3 Å². The summed E-state index contributed by atoms with van der Waals surface area (Å²) in [6, 6.07) is 7.35. The van der Waals surface area contributed by atoms with Gasteiger partial charge < -0.3 is 19.9 Å². The Hall–Kier alpha value is -1.63. The number of para-hydroxylation sites is 1. The highest BCUT2D eigenvalue weighted by Crippen LogP contribution is 2.17. The van der Waals surface area contributed by atoms with Gasteiger partial charge in [0, 0.05) is 25.2 Å². The molecule has 0 aliphatic carbocycles. The van der Waals surface area contributed by atoms with Crippen LogP contribution in [0.3, 0.4) is 0 Å². The van der Waals surface area contributed by atoms with Crippen LogP contribution < -0.4 is 10.5 Å². The quantitative estimate of drug-likeness (QED) is 0.766. The number of benzene rings is 1. The van der Waals surface area contributed by atoms with Gasteiger partial charge in [0.25, 0.3) is 0 Å². The molecular weight excluding hydrogens is 272 g/mol. The predicted octanol–water partition coefficient (Wildman–Crippen LogP) is 0.398. The van der Waals surface area contributed by atoms with Gasteiger partial charge in [-0.05, 0) is 6.07 Å². The summed E-state index contributed by atoms with van der Waals surface area (Å²) in [5.41, 5.74) is 6.65. The summed E-state index contributed by atoms with van der Waals surface area (Å²) >= 11 is 0. The van der Waals surface area contributed by atoms with Gasteiger partial charge in [-0.15, -0.1) is 0 Å². The number of esters is 1. The molecule has 116 valence electrons. The normalized spacial score (nSPS) is 19.2. The molecule has 1 aromatic carbocycles. The van der Waals surface area contributed by atoms with E-state index in [4.69, 9.17) is 19.9 Å². The average Bonchev–Trinajstić information content (AvgIpc) is 2.55. The molecule has 0 aromatic heterocycles. The van der Waals surface area contributed by atoms with Gasteiger partial charge in [0.05, 0.1) is 20.3 Å². The molecule has 6 heteroatoms. The first kappa shape index (κ1) is 15.8. The lowest BCUT2D eigenvalue weighted by molar-refractivity contribution is -0.153. The lowest BCUT2D eigenvalue weighted by Gasteiger charge is -2.33. The second-order valence-electron chi connectivity index (χ2n) is 4.81. The lowest BCUT2D eigenvalue weighted by atomic mass is 10.2. The monoisotopic (exact) mass is 294 g/mol. The van der Waals surface area contributed by atoms with Crippen LogP contribution in [0.4, 0.5) is 0 Å². The summed E-state index contributed by atoms with van der Waals surface area (Å²) in [7, 11) is 1.39. The number of nitrogens with two attached hydrogens (primary N) is 1. The molecule has 1 unspecified atom stereocenters. The largest absolute Gasteiger partial charge is 0.492 e. The Labute approximate surface area is 124 Å². The van der Waals surface area contributed by atoms with Crippen LogP contribution in [0.25, 0.3) is 0 Å². The third kappa shape index (κ3) is 4.17. The number of methoxy groups -OCH3 is 1. The molecule has 1 aliphatic rings. The van der Waals surface area contributed by atoms with Crippen LogP contribution in [-0.4, -0.2) is 56.9 Å². The van der Waals surface area contributed by atoms with Crippen molar-refractivity contribution in [1.82, 2.24) is 4.90 Å². The van der Waals surface area contributed by atoms with Crippen LogP contribution in [0.1, 0.15) is 5.56 Å². The minimum atomic E-state index is -0.350. The highest BCUT2D eigenvalue weighted by molar-refractivity contribution is 5.75. The Kier molecular flexibility index (Phi) is 5.98. The number of carbonyl (C=O) groups is 1. The SMILES string of the molecule is COC(=O)C1COCCN1CCOc1ccccc1CN. The molecule has 1 fully saturated rings. The van der Waals surface area contributed by atoms with E-state index >= 15 is 0 Å². The van der Waals surface area contributed by atoms with Crippen molar-refractivity contribution in [2.75, 3.05) is 40.0 Å². The van der Waals surface area contributed by atoms with Crippen molar-refractivity contribution >= 4 is 5.97 Å². The van der Waals surface area contributed by atoms with Gasteiger partial charge in [0.1, 0.15) is 18.4 Å². The fraction of sp³-hybridized carbons (Fsp3) is 0.533. The summed E-state index contributed by atoms with van der Waals surface area (Å²) in [4.78, 5) is 13.7. The van der Waals surface area contributed by atoms with E-state index in [1.165, 1.54) is 7.11 Å². The van der Waals surface area contributed by atoms with Crippen molar-refractivity contribution in [3.05, 3.63) is 29.8 Å². The number of rotatable bonds is 6. The number of nitrogens with zero attached hydrogens (tertiary/aromatic N) is 1. The van der Waals surface area contributed by atoms with Crippen LogP contribution in [0.2, 0.25) is 0 Å². The molecule has 0 spiro atoms. The molecule has 1 heterocycles. The molecule has 0 radical (unpaired) electrons. The van der Waals surface area contributed by atoms with Crippen molar-refractivity contribution in [1.29, 1.82) is 0 Å². The first-order valence-corrected chi connectivity index (χ1v) is 7.06. The van der Waals surface area contributed by atoms with Crippen molar-refractivity contribution < 1.29 is 19.0 Å². The molecule has 1 atom stereocenters. The molecule has 6 nitrogen and oxygen atoms in total. The predicted molar refractivity (Wildman–Crippen MR) is 78.0 cm³/mol. The van der Waals surface area contributed by atoms with E-state index < -0.39 is 0 Å². The molecule has 1 aromatic rings. The Bertz CT molecular complexity index is 467.